The number of hydrogen-bond acceptors (Lipinski definition) is 5. The van der Waals surface area contributed by atoms with Gasteiger partial charge in [0.2, 0.25) is 5.88 Å². The van der Waals surface area contributed by atoms with E-state index in [-0.39, 0.29) is 0 Å². The van der Waals surface area contributed by atoms with Crippen LogP contribution in [0.2, 0.25) is 0 Å². The Bertz CT molecular complexity index is 601. The van der Waals surface area contributed by atoms with E-state index in [4.69, 9.17) is 4.74 Å². The van der Waals surface area contributed by atoms with Gasteiger partial charge < -0.3 is 10.1 Å². The van der Waals surface area contributed by atoms with Crippen molar-refractivity contribution >= 4 is 21.7 Å². The highest BCUT2D eigenvalue weighted by atomic mass is 79.9. The number of rotatable bonds is 6. The number of ether oxygens (including phenoxy) is 1. The van der Waals surface area contributed by atoms with E-state index in [1.165, 1.54) is 0 Å². The third-order valence-corrected chi connectivity index (χ3v) is 3.89. The zero-order valence-electron chi connectivity index (χ0n) is 12.5. The fourth-order valence-corrected chi connectivity index (χ4v) is 2.58. The van der Waals surface area contributed by atoms with Crippen LogP contribution in [0.15, 0.2) is 22.8 Å². The largest absolute Gasteiger partial charge is 0.481 e. The Morgan fingerprint density at radius 1 is 1.29 bits per heavy atom. The van der Waals surface area contributed by atoms with E-state index in [0.29, 0.717) is 12.3 Å². The molecule has 0 saturated carbocycles. The van der Waals surface area contributed by atoms with Gasteiger partial charge in [-0.05, 0) is 27.9 Å². The minimum atomic E-state index is 0.609. The number of pyridine rings is 1. The first-order valence-electron chi connectivity index (χ1n) is 6.89. The van der Waals surface area contributed by atoms with Gasteiger partial charge in [0.1, 0.15) is 11.6 Å². The summed E-state index contributed by atoms with van der Waals surface area (Å²) < 4.78 is 6.01. The van der Waals surface area contributed by atoms with Gasteiger partial charge in [-0.25, -0.2) is 15.0 Å². The summed E-state index contributed by atoms with van der Waals surface area (Å²) in [4.78, 5) is 13.4. The van der Waals surface area contributed by atoms with Gasteiger partial charge in [-0.15, -0.1) is 0 Å². The highest BCUT2D eigenvalue weighted by Crippen LogP contribution is 2.25. The molecule has 0 fully saturated rings. The number of aryl methyl sites for hydroxylation is 1. The number of hydrogen-bond donors (Lipinski definition) is 1. The average molecular weight is 351 g/mol. The maximum Gasteiger partial charge on any atom is 0.212 e. The van der Waals surface area contributed by atoms with Crippen molar-refractivity contribution in [3.8, 4) is 5.88 Å². The molecule has 0 aromatic carbocycles. The second kappa shape index (κ2) is 7.36. The van der Waals surface area contributed by atoms with E-state index in [1.54, 1.807) is 13.3 Å². The first-order chi connectivity index (χ1) is 10.2. The quantitative estimate of drug-likeness (QED) is 0.866. The van der Waals surface area contributed by atoms with Crippen LogP contribution in [0.25, 0.3) is 0 Å². The van der Waals surface area contributed by atoms with Gasteiger partial charge in [0.25, 0.3) is 0 Å². The first kappa shape index (κ1) is 15.7. The third kappa shape index (κ3) is 3.91. The summed E-state index contributed by atoms with van der Waals surface area (Å²) in [6, 6.07) is 3.83. The maximum absolute atomic E-state index is 5.06. The molecular weight excluding hydrogens is 332 g/mol. The molecule has 1 N–H and O–H groups in total. The number of halogens is 1. The molecule has 2 aromatic heterocycles. The van der Waals surface area contributed by atoms with E-state index in [1.807, 2.05) is 19.2 Å². The van der Waals surface area contributed by atoms with Crippen molar-refractivity contribution in [3.63, 3.8) is 0 Å². The molecule has 2 rings (SSSR count). The lowest BCUT2D eigenvalue weighted by Gasteiger charge is -2.10. The molecule has 5 nitrogen and oxygen atoms in total. The summed E-state index contributed by atoms with van der Waals surface area (Å²) in [5.74, 6) is 2.22. The average Bonchev–Trinajstić information content (AvgIpc) is 2.51. The standard InChI is InChI=1S/C15H19BrN4O/c1-4-5-11-14(16)15(17-2)20-12(19-11)8-10-6-7-13(21-3)18-9-10/h6-7,9H,4-5,8H2,1-3H3,(H,17,19,20). The fraction of sp³-hybridized carbons (Fsp3) is 0.400. The molecule has 6 heteroatoms. The van der Waals surface area contributed by atoms with E-state index >= 15 is 0 Å². The SMILES string of the molecule is CCCc1nc(Cc2ccc(OC)nc2)nc(NC)c1Br. The van der Waals surface area contributed by atoms with Crippen LogP contribution in [-0.2, 0) is 12.8 Å². The predicted molar refractivity (Wildman–Crippen MR) is 86.9 cm³/mol. The Hall–Kier alpha value is -1.69. The summed E-state index contributed by atoms with van der Waals surface area (Å²) in [7, 11) is 3.47. The molecule has 0 radical (unpaired) electrons. The van der Waals surface area contributed by atoms with Gasteiger partial charge in [0.05, 0.1) is 17.3 Å². The third-order valence-electron chi connectivity index (χ3n) is 3.06. The summed E-state index contributed by atoms with van der Waals surface area (Å²) in [5.41, 5.74) is 2.09. The Labute approximate surface area is 133 Å². The van der Waals surface area contributed by atoms with Crippen LogP contribution in [0.5, 0.6) is 5.88 Å². The molecule has 0 saturated heterocycles. The van der Waals surface area contributed by atoms with Crippen LogP contribution in [0.4, 0.5) is 5.82 Å². The van der Waals surface area contributed by atoms with Gasteiger partial charge in [0.15, 0.2) is 0 Å². The van der Waals surface area contributed by atoms with Crippen LogP contribution in [0.1, 0.15) is 30.4 Å². The number of methoxy groups -OCH3 is 1. The van der Waals surface area contributed by atoms with Crippen molar-refractivity contribution in [2.45, 2.75) is 26.2 Å². The molecule has 0 bridgehead atoms. The van der Waals surface area contributed by atoms with E-state index in [9.17, 15) is 0 Å². The van der Waals surface area contributed by atoms with Gasteiger partial charge in [0, 0.05) is 25.7 Å². The minimum absolute atomic E-state index is 0.609. The van der Waals surface area contributed by atoms with Gasteiger partial charge in [-0.2, -0.15) is 0 Å². The van der Waals surface area contributed by atoms with E-state index in [0.717, 1.165) is 40.2 Å². The molecule has 2 aromatic rings. The molecule has 0 aliphatic carbocycles. The molecule has 0 spiro atoms. The molecule has 0 aliphatic rings. The molecule has 2 heterocycles. The number of nitrogens with zero attached hydrogens (tertiary/aromatic N) is 3. The number of aromatic nitrogens is 3. The van der Waals surface area contributed by atoms with Crippen molar-refractivity contribution < 1.29 is 4.74 Å². The predicted octanol–water partition coefficient (Wildman–Crippen LogP) is 3.23. The van der Waals surface area contributed by atoms with Gasteiger partial charge in [-0.3, -0.25) is 0 Å². The molecule has 0 unspecified atom stereocenters. The summed E-state index contributed by atoms with van der Waals surface area (Å²) in [6.45, 7) is 2.14. The van der Waals surface area contributed by atoms with E-state index in [2.05, 4.69) is 43.1 Å². The van der Waals surface area contributed by atoms with E-state index < -0.39 is 0 Å². The lowest BCUT2D eigenvalue weighted by Crippen LogP contribution is -2.06. The fourth-order valence-electron chi connectivity index (χ4n) is 2.01. The normalized spacial score (nSPS) is 10.5. The zero-order chi connectivity index (χ0) is 15.2. The monoisotopic (exact) mass is 350 g/mol. The highest BCUT2D eigenvalue weighted by molar-refractivity contribution is 9.10. The maximum atomic E-state index is 5.06. The zero-order valence-corrected chi connectivity index (χ0v) is 14.1. The molecule has 21 heavy (non-hydrogen) atoms. The summed E-state index contributed by atoms with van der Waals surface area (Å²) >= 11 is 3.56. The van der Waals surface area contributed by atoms with Crippen LogP contribution in [0.3, 0.4) is 0 Å². The van der Waals surface area contributed by atoms with Crippen LogP contribution in [0, 0.1) is 0 Å². The molecule has 0 amide bonds. The van der Waals surface area contributed by atoms with Crippen molar-refractivity contribution in [2.24, 2.45) is 0 Å². The smallest absolute Gasteiger partial charge is 0.212 e. The van der Waals surface area contributed by atoms with Crippen molar-refractivity contribution in [1.82, 2.24) is 15.0 Å². The Morgan fingerprint density at radius 3 is 2.67 bits per heavy atom. The van der Waals surface area contributed by atoms with Crippen molar-refractivity contribution in [3.05, 3.63) is 39.9 Å². The Kier molecular flexibility index (Phi) is 5.50. The van der Waals surface area contributed by atoms with Crippen LogP contribution >= 0.6 is 15.9 Å². The van der Waals surface area contributed by atoms with Crippen LogP contribution in [-0.4, -0.2) is 29.1 Å². The van der Waals surface area contributed by atoms with Gasteiger partial charge >= 0.3 is 0 Å². The minimum Gasteiger partial charge on any atom is -0.481 e. The molecular formula is C15H19BrN4O. The lowest BCUT2D eigenvalue weighted by atomic mass is 10.2. The first-order valence-corrected chi connectivity index (χ1v) is 7.69. The van der Waals surface area contributed by atoms with Gasteiger partial charge in [-0.1, -0.05) is 19.4 Å². The second-order valence-electron chi connectivity index (χ2n) is 4.63. The number of anilines is 1. The lowest BCUT2D eigenvalue weighted by molar-refractivity contribution is 0.397. The van der Waals surface area contributed by atoms with Crippen molar-refractivity contribution in [1.29, 1.82) is 0 Å². The highest BCUT2D eigenvalue weighted by Gasteiger charge is 2.11. The van der Waals surface area contributed by atoms with Crippen LogP contribution < -0.4 is 10.1 Å². The summed E-state index contributed by atoms with van der Waals surface area (Å²) in [5, 5.41) is 3.10. The summed E-state index contributed by atoms with van der Waals surface area (Å²) in [6.07, 6.45) is 4.41. The molecule has 112 valence electrons. The number of nitrogens with one attached hydrogen (secondary N) is 1. The Morgan fingerprint density at radius 2 is 2.10 bits per heavy atom. The molecule has 0 atom stereocenters. The van der Waals surface area contributed by atoms with Crippen molar-refractivity contribution in [2.75, 3.05) is 19.5 Å². The second-order valence-corrected chi connectivity index (χ2v) is 5.43. The Balaban J connectivity index is 2.27. The molecule has 0 aliphatic heterocycles. The topological polar surface area (TPSA) is 59.9 Å².